The summed E-state index contributed by atoms with van der Waals surface area (Å²) >= 11 is 0. The summed E-state index contributed by atoms with van der Waals surface area (Å²) in [6.07, 6.45) is 1.65. The molecule has 2 saturated heterocycles. The monoisotopic (exact) mass is 506 g/mol. The highest BCUT2D eigenvalue weighted by Gasteiger charge is 2.46. The van der Waals surface area contributed by atoms with Crippen LogP contribution in [0.4, 0.5) is 0 Å². The second kappa shape index (κ2) is 10.9. The van der Waals surface area contributed by atoms with Crippen LogP contribution in [0.2, 0.25) is 0 Å². The third kappa shape index (κ3) is 5.22. The number of likely N-dealkylation sites (tertiary alicyclic amines) is 1. The first-order chi connectivity index (χ1) is 18.0. The highest BCUT2D eigenvalue weighted by atomic mass is 16.5. The third-order valence-electron chi connectivity index (χ3n) is 7.12. The van der Waals surface area contributed by atoms with Gasteiger partial charge in [0.05, 0.1) is 31.4 Å². The quantitative estimate of drug-likeness (QED) is 0.333. The zero-order chi connectivity index (χ0) is 25.9. The number of aliphatic hydroxyl groups is 1. The van der Waals surface area contributed by atoms with Crippen LogP contribution < -0.4 is 9.47 Å². The van der Waals surface area contributed by atoms with Crippen molar-refractivity contribution in [3.8, 4) is 11.5 Å². The number of ether oxygens (including phenoxy) is 3. The molecule has 1 amide bonds. The van der Waals surface area contributed by atoms with Crippen LogP contribution in [-0.4, -0.2) is 78.7 Å². The molecule has 0 radical (unpaired) electrons. The number of rotatable bonds is 8. The standard InChI is InChI=1S/C29H34N2O6/c1-3-13-36-23-6-4-5-20(18-23)26-25(27(32)21-7-8-24-22(17-21)16-19(2)37-24)28(33)29(34)31(26)10-9-30-11-14-35-15-12-30/h4-8,17-19,26,32H,3,9-16H2,1-2H3/b27-25+/t19-,26-/m0/s1. The summed E-state index contributed by atoms with van der Waals surface area (Å²) in [5.41, 5.74) is 2.32. The molecule has 3 heterocycles. The maximum absolute atomic E-state index is 13.4. The van der Waals surface area contributed by atoms with Crippen LogP contribution in [0.15, 0.2) is 48.0 Å². The molecule has 0 saturated carbocycles. The van der Waals surface area contributed by atoms with E-state index in [4.69, 9.17) is 14.2 Å². The Balaban J connectivity index is 1.53. The van der Waals surface area contributed by atoms with Crippen molar-refractivity contribution in [1.82, 2.24) is 9.80 Å². The van der Waals surface area contributed by atoms with E-state index in [0.29, 0.717) is 44.2 Å². The van der Waals surface area contributed by atoms with Gasteiger partial charge < -0.3 is 24.2 Å². The molecule has 0 unspecified atom stereocenters. The van der Waals surface area contributed by atoms with Crippen molar-refractivity contribution >= 4 is 17.4 Å². The maximum atomic E-state index is 13.4. The number of morpholine rings is 1. The van der Waals surface area contributed by atoms with Gasteiger partial charge in [0.25, 0.3) is 11.7 Å². The lowest BCUT2D eigenvalue weighted by Gasteiger charge is -2.31. The van der Waals surface area contributed by atoms with E-state index in [1.54, 1.807) is 11.0 Å². The average Bonchev–Trinajstić information content (AvgIpc) is 3.41. The first kappa shape index (κ1) is 25.3. The zero-order valence-electron chi connectivity index (χ0n) is 21.4. The molecule has 0 aliphatic carbocycles. The molecule has 3 aliphatic rings. The molecule has 8 heteroatoms. The minimum Gasteiger partial charge on any atom is -0.507 e. The van der Waals surface area contributed by atoms with Crippen LogP contribution in [0, 0.1) is 0 Å². The van der Waals surface area contributed by atoms with E-state index in [0.717, 1.165) is 42.8 Å². The van der Waals surface area contributed by atoms with Crippen LogP contribution >= 0.6 is 0 Å². The summed E-state index contributed by atoms with van der Waals surface area (Å²) in [4.78, 5) is 30.5. The predicted octanol–water partition coefficient (Wildman–Crippen LogP) is 3.55. The van der Waals surface area contributed by atoms with Gasteiger partial charge in [0.2, 0.25) is 0 Å². The number of hydrogen-bond acceptors (Lipinski definition) is 7. The lowest BCUT2D eigenvalue weighted by molar-refractivity contribution is -0.140. The van der Waals surface area contributed by atoms with Crippen LogP contribution in [0.25, 0.3) is 5.76 Å². The van der Waals surface area contributed by atoms with Crippen molar-refractivity contribution in [1.29, 1.82) is 0 Å². The Morgan fingerprint density at radius 2 is 1.92 bits per heavy atom. The van der Waals surface area contributed by atoms with E-state index >= 15 is 0 Å². The number of hydrogen-bond donors (Lipinski definition) is 1. The number of aliphatic hydroxyl groups excluding tert-OH is 1. The lowest BCUT2D eigenvalue weighted by Crippen LogP contribution is -2.42. The molecule has 3 aliphatic heterocycles. The molecule has 8 nitrogen and oxygen atoms in total. The van der Waals surface area contributed by atoms with Crippen LogP contribution in [-0.2, 0) is 20.7 Å². The largest absolute Gasteiger partial charge is 0.507 e. The van der Waals surface area contributed by atoms with Crippen molar-refractivity contribution in [3.05, 3.63) is 64.7 Å². The Bertz CT molecular complexity index is 1200. The fourth-order valence-corrected chi connectivity index (χ4v) is 5.25. The van der Waals surface area contributed by atoms with Crippen molar-refractivity contribution in [2.75, 3.05) is 46.0 Å². The Morgan fingerprint density at radius 3 is 2.70 bits per heavy atom. The predicted molar refractivity (Wildman–Crippen MR) is 139 cm³/mol. The van der Waals surface area contributed by atoms with E-state index < -0.39 is 17.7 Å². The summed E-state index contributed by atoms with van der Waals surface area (Å²) in [7, 11) is 0. The zero-order valence-corrected chi connectivity index (χ0v) is 21.4. The number of amides is 1. The van der Waals surface area contributed by atoms with Crippen LogP contribution in [0.1, 0.15) is 43.0 Å². The minimum absolute atomic E-state index is 0.0593. The van der Waals surface area contributed by atoms with Gasteiger partial charge in [0.15, 0.2) is 0 Å². The van der Waals surface area contributed by atoms with Crippen molar-refractivity contribution in [2.45, 2.75) is 38.8 Å². The molecule has 1 N–H and O–H groups in total. The van der Waals surface area contributed by atoms with Gasteiger partial charge in [-0.15, -0.1) is 0 Å². The maximum Gasteiger partial charge on any atom is 0.295 e. The van der Waals surface area contributed by atoms with Gasteiger partial charge in [-0.05, 0) is 54.8 Å². The number of fused-ring (bicyclic) bond motifs is 1. The molecule has 2 atom stereocenters. The number of Topliss-reactive ketones (excluding diaryl/α,β-unsaturated/α-hetero) is 1. The molecular weight excluding hydrogens is 472 g/mol. The van der Waals surface area contributed by atoms with Gasteiger partial charge in [-0.3, -0.25) is 14.5 Å². The Labute approximate surface area is 217 Å². The first-order valence-electron chi connectivity index (χ1n) is 13.1. The van der Waals surface area contributed by atoms with E-state index in [1.165, 1.54) is 0 Å². The summed E-state index contributed by atoms with van der Waals surface area (Å²) in [6.45, 7) is 8.44. The lowest BCUT2D eigenvalue weighted by atomic mass is 9.94. The van der Waals surface area contributed by atoms with E-state index in [-0.39, 0.29) is 17.4 Å². The van der Waals surface area contributed by atoms with Crippen LogP contribution in [0.3, 0.4) is 0 Å². The topological polar surface area (TPSA) is 88.5 Å². The smallest absolute Gasteiger partial charge is 0.295 e. The van der Waals surface area contributed by atoms with Gasteiger partial charge in [0.1, 0.15) is 23.4 Å². The number of ketones is 1. The third-order valence-corrected chi connectivity index (χ3v) is 7.12. The summed E-state index contributed by atoms with van der Waals surface area (Å²) < 4.78 is 17.1. The van der Waals surface area contributed by atoms with Gasteiger partial charge in [-0.25, -0.2) is 0 Å². The van der Waals surface area contributed by atoms with Crippen molar-refractivity contribution < 1.29 is 28.9 Å². The highest BCUT2D eigenvalue weighted by molar-refractivity contribution is 6.46. The van der Waals surface area contributed by atoms with Gasteiger partial charge in [-0.1, -0.05) is 19.1 Å². The molecule has 2 aromatic rings. The second-order valence-corrected chi connectivity index (χ2v) is 9.82. The van der Waals surface area contributed by atoms with E-state index in [9.17, 15) is 14.7 Å². The molecule has 0 spiro atoms. The Morgan fingerprint density at radius 1 is 1.11 bits per heavy atom. The van der Waals surface area contributed by atoms with E-state index in [1.807, 2.05) is 50.2 Å². The highest BCUT2D eigenvalue weighted by Crippen LogP contribution is 2.41. The fraction of sp³-hybridized carbons (Fsp3) is 0.448. The van der Waals surface area contributed by atoms with Gasteiger partial charge in [-0.2, -0.15) is 0 Å². The number of benzene rings is 2. The first-order valence-corrected chi connectivity index (χ1v) is 13.1. The Kier molecular flexibility index (Phi) is 7.48. The van der Waals surface area contributed by atoms with Crippen molar-refractivity contribution in [2.24, 2.45) is 0 Å². The molecular formula is C29H34N2O6. The Hall–Kier alpha value is -3.36. The van der Waals surface area contributed by atoms with Crippen LogP contribution in [0.5, 0.6) is 11.5 Å². The fourth-order valence-electron chi connectivity index (χ4n) is 5.25. The molecule has 0 bridgehead atoms. The number of carbonyl (C=O) groups is 2. The van der Waals surface area contributed by atoms with Gasteiger partial charge >= 0.3 is 0 Å². The molecule has 5 rings (SSSR count). The van der Waals surface area contributed by atoms with Gasteiger partial charge in [0, 0.05) is 38.2 Å². The molecule has 196 valence electrons. The van der Waals surface area contributed by atoms with Crippen molar-refractivity contribution in [3.63, 3.8) is 0 Å². The molecule has 37 heavy (non-hydrogen) atoms. The summed E-state index contributed by atoms with van der Waals surface area (Å²) in [6, 6.07) is 12.2. The number of nitrogens with zero attached hydrogens (tertiary/aromatic N) is 2. The SMILES string of the molecule is CCCOc1cccc([C@H]2/C(=C(\O)c3ccc4c(c3)C[C@H](C)O4)C(=O)C(=O)N2CCN2CCOCC2)c1. The summed E-state index contributed by atoms with van der Waals surface area (Å²) in [5.74, 6) is 0.0147. The number of carbonyl (C=O) groups excluding carboxylic acids is 2. The molecule has 2 aromatic carbocycles. The second-order valence-electron chi connectivity index (χ2n) is 9.82. The summed E-state index contributed by atoms with van der Waals surface area (Å²) in [5, 5.41) is 11.5. The van der Waals surface area contributed by atoms with E-state index in [2.05, 4.69) is 4.90 Å². The average molecular weight is 507 g/mol. The molecule has 2 fully saturated rings. The minimum atomic E-state index is -0.713. The normalized spacial score (nSPS) is 23.2. The molecule has 0 aromatic heterocycles.